The Labute approximate surface area is 152 Å². The Morgan fingerprint density at radius 2 is 2.23 bits per heavy atom. The molecule has 1 aliphatic heterocycles. The van der Waals surface area contributed by atoms with Gasteiger partial charge in [0.05, 0.1) is 25.5 Å². The SMILES string of the molecule is C=CCn1c(=O)c2cnc(SC)nc2n1-c1cccc(C2(F)COC2)n1. The van der Waals surface area contributed by atoms with Gasteiger partial charge in [0.15, 0.2) is 22.3 Å². The van der Waals surface area contributed by atoms with Gasteiger partial charge in [0.1, 0.15) is 5.39 Å². The molecule has 1 fully saturated rings. The maximum absolute atomic E-state index is 14.7. The van der Waals surface area contributed by atoms with Crippen molar-refractivity contribution in [2.75, 3.05) is 19.5 Å². The molecule has 0 aliphatic carbocycles. The molecule has 26 heavy (non-hydrogen) atoms. The Hall–Kier alpha value is -2.52. The summed E-state index contributed by atoms with van der Waals surface area (Å²) in [6.45, 7) is 3.93. The number of hydrogen-bond donors (Lipinski definition) is 0. The number of halogens is 1. The molecular weight excluding hydrogens is 357 g/mol. The fourth-order valence-corrected chi connectivity index (χ4v) is 3.19. The molecule has 9 heteroatoms. The Bertz CT molecular complexity index is 1060. The van der Waals surface area contributed by atoms with Gasteiger partial charge in [-0.3, -0.25) is 4.79 Å². The number of alkyl halides is 1. The second-order valence-corrected chi connectivity index (χ2v) is 6.69. The van der Waals surface area contributed by atoms with Crippen LogP contribution in [-0.2, 0) is 17.0 Å². The second-order valence-electron chi connectivity index (χ2n) is 5.92. The molecule has 0 bridgehead atoms. The Kier molecular flexibility index (Phi) is 4.12. The van der Waals surface area contributed by atoms with Gasteiger partial charge >= 0.3 is 0 Å². The third-order valence-electron chi connectivity index (χ3n) is 4.21. The minimum absolute atomic E-state index is 0.0197. The van der Waals surface area contributed by atoms with E-state index in [1.54, 1.807) is 29.0 Å². The molecular formula is C17H16FN5O2S. The van der Waals surface area contributed by atoms with E-state index in [1.807, 2.05) is 6.26 Å². The molecule has 0 N–H and O–H groups in total. The van der Waals surface area contributed by atoms with E-state index in [1.165, 1.54) is 22.6 Å². The fourth-order valence-electron chi connectivity index (χ4n) is 2.85. The lowest BCUT2D eigenvalue weighted by molar-refractivity contribution is -0.137. The van der Waals surface area contributed by atoms with Crippen LogP contribution in [0.1, 0.15) is 5.69 Å². The average Bonchev–Trinajstić information content (AvgIpc) is 2.91. The molecule has 1 aliphatic rings. The van der Waals surface area contributed by atoms with Crippen molar-refractivity contribution >= 4 is 22.8 Å². The third-order valence-corrected chi connectivity index (χ3v) is 4.77. The van der Waals surface area contributed by atoms with Gasteiger partial charge in [-0.2, -0.15) is 0 Å². The van der Waals surface area contributed by atoms with E-state index in [0.717, 1.165) is 0 Å². The monoisotopic (exact) mass is 373 g/mol. The summed E-state index contributed by atoms with van der Waals surface area (Å²) in [7, 11) is 0. The summed E-state index contributed by atoms with van der Waals surface area (Å²) in [5.74, 6) is 0.408. The van der Waals surface area contributed by atoms with Crippen LogP contribution >= 0.6 is 11.8 Å². The minimum atomic E-state index is -1.60. The van der Waals surface area contributed by atoms with Gasteiger partial charge in [0, 0.05) is 6.20 Å². The summed E-state index contributed by atoms with van der Waals surface area (Å²) in [4.78, 5) is 25.8. The van der Waals surface area contributed by atoms with Crippen LogP contribution in [-0.4, -0.2) is 43.8 Å². The number of aromatic nitrogens is 5. The first-order valence-corrected chi connectivity index (χ1v) is 9.18. The van der Waals surface area contributed by atoms with E-state index in [2.05, 4.69) is 21.5 Å². The number of rotatable bonds is 5. The smallest absolute Gasteiger partial charge is 0.278 e. The normalized spacial score (nSPS) is 15.8. The summed E-state index contributed by atoms with van der Waals surface area (Å²) in [6.07, 6.45) is 4.97. The van der Waals surface area contributed by atoms with Crippen molar-refractivity contribution in [1.82, 2.24) is 24.3 Å². The predicted molar refractivity (Wildman–Crippen MR) is 96.5 cm³/mol. The van der Waals surface area contributed by atoms with Crippen molar-refractivity contribution in [2.45, 2.75) is 17.4 Å². The largest absolute Gasteiger partial charge is 0.374 e. The fraction of sp³-hybridized carbons (Fsp3) is 0.294. The molecule has 0 saturated carbocycles. The van der Waals surface area contributed by atoms with Crippen molar-refractivity contribution in [1.29, 1.82) is 0 Å². The number of thioether (sulfide) groups is 1. The average molecular weight is 373 g/mol. The highest BCUT2D eigenvalue weighted by Crippen LogP contribution is 2.33. The zero-order valence-corrected chi connectivity index (χ0v) is 14.9. The summed E-state index contributed by atoms with van der Waals surface area (Å²) >= 11 is 1.37. The molecule has 1 saturated heterocycles. The van der Waals surface area contributed by atoms with E-state index in [0.29, 0.717) is 22.0 Å². The number of allylic oxidation sites excluding steroid dienone is 1. The van der Waals surface area contributed by atoms with Crippen molar-refractivity contribution in [3.63, 3.8) is 0 Å². The molecule has 0 amide bonds. The van der Waals surface area contributed by atoms with E-state index in [9.17, 15) is 9.18 Å². The van der Waals surface area contributed by atoms with Crippen LogP contribution in [0.25, 0.3) is 16.9 Å². The van der Waals surface area contributed by atoms with Gasteiger partial charge in [-0.1, -0.05) is 23.9 Å². The number of nitrogens with zero attached hydrogens (tertiary/aromatic N) is 5. The Balaban J connectivity index is 1.98. The summed E-state index contributed by atoms with van der Waals surface area (Å²) < 4.78 is 22.8. The van der Waals surface area contributed by atoms with Crippen LogP contribution in [0, 0.1) is 0 Å². The van der Waals surface area contributed by atoms with Crippen LogP contribution in [0.4, 0.5) is 4.39 Å². The topological polar surface area (TPSA) is 74.8 Å². The molecule has 4 heterocycles. The number of hydrogen-bond acceptors (Lipinski definition) is 6. The van der Waals surface area contributed by atoms with Crippen LogP contribution in [0.15, 0.2) is 47.0 Å². The summed E-state index contributed by atoms with van der Waals surface area (Å²) in [5, 5.41) is 0.909. The maximum atomic E-state index is 14.7. The molecule has 0 aromatic carbocycles. The molecule has 3 aromatic heterocycles. The lowest BCUT2D eigenvalue weighted by Gasteiger charge is -2.33. The molecule has 0 atom stereocenters. The van der Waals surface area contributed by atoms with Crippen LogP contribution in [0.3, 0.4) is 0 Å². The molecule has 3 aromatic rings. The maximum Gasteiger partial charge on any atom is 0.278 e. The molecule has 0 unspecified atom stereocenters. The first-order valence-electron chi connectivity index (χ1n) is 7.95. The standard InChI is InChI=1S/C17H16FN5O2S/c1-3-7-22-15(24)11-8-19-16(26-2)21-14(11)23(22)13-6-4-5-12(20-13)17(18)9-25-10-17/h3-6,8H,1,7,9-10H2,2H3. The Morgan fingerprint density at radius 3 is 2.88 bits per heavy atom. The Morgan fingerprint density at radius 1 is 1.42 bits per heavy atom. The molecule has 0 radical (unpaired) electrons. The highest BCUT2D eigenvalue weighted by molar-refractivity contribution is 7.98. The quantitative estimate of drug-likeness (QED) is 0.387. The predicted octanol–water partition coefficient (Wildman–Crippen LogP) is 2.08. The van der Waals surface area contributed by atoms with E-state index in [-0.39, 0.29) is 31.0 Å². The van der Waals surface area contributed by atoms with Crippen molar-refractivity contribution in [3.8, 4) is 5.82 Å². The van der Waals surface area contributed by atoms with Crippen LogP contribution in [0.2, 0.25) is 0 Å². The molecule has 4 rings (SSSR count). The van der Waals surface area contributed by atoms with Gasteiger partial charge in [-0.05, 0) is 18.4 Å². The lowest BCUT2D eigenvalue weighted by Crippen LogP contribution is -2.43. The van der Waals surface area contributed by atoms with E-state index >= 15 is 0 Å². The lowest BCUT2D eigenvalue weighted by atomic mass is 9.99. The van der Waals surface area contributed by atoms with Crippen molar-refractivity contribution < 1.29 is 9.13 Å². The summed E-state index contributed by atoms with van der Waals surface area (Å²) in [5.41, 5.74) is -1.14. The van der Waals surface area contributed by atoms with Gasteiger partial charge in [0.2, 0.25) is 0 Å². The number of fused-ring (bicyclic) bond motifs is 1. The highest BCUT2D eigenvalue weighted by Gasteiger charge is 2.42. The first-order chi connectivity index (χ1) is 12.6. The van der Waals surface area contributed by atoms with Crippen molar-refractivity contribution in [3.05, 3.63) is 53.1 Å². The van der Waals surface area contributed by atoms with Crippen LogP contribution in [0.5, 0.6) is 0 Å². The zero-order valence-electron chi connectivity index (χ0n) is 14.1. The van der Waals surface area contributed by atoms with E-state index < -0.39 is 5.67 Å². The highest BCUT2D eigenvalue weighted by atomic mass is 32.2. The number of pyridine rings is 1. The third kappa shape index (κ3) is 2.55. The van der Waals surface area contributed by atoms with Gasteiger partial charge in [-0.15, -0.1) is 6.58 Å². The zero-order chi connectivity index (χ0) is 18.3. The van der Waals surface area contributed by atoms with Crippen molar-refractivity contribution in [2.24, 2.45) is 0 Å². The van der Waals surface area contributed by atoms with Crippen LogP contribution < -0.4 is 5.56 Å². The molecule has 0 spiro atoms. The minimum Gasteiger partial charge on any atom is -0.374 e. The van der Waals surface area contributed by atoms with E-state index in [4.69, 9.17) is 4.74 Å². The summed E-state index contributed by atoms with van der Waals surface area (Å²) in [6, 6.07) is 5.05. The van der Waals surface area contributed by atoms with Gasteiger partial charge < -0.3 is 4.74 Å². The van der Waals surface area contributed by atoms with Gasteiger partial charge in [-0.25, -0.2) is 28.7 Å². The number of ether oxygens (including phenoxy) is 1. The second kappa shape index (κ2) is 6.33. The molecule has 7 nitrogen and oxygen atoms in total. The molecule has 134 valence electrons. The van der Waals surface area contributed by atoms with Gasteiger partial charge in [0.25, 0.3) is 5.56 Å². The first kappa shape index (κ1) is 16.9.